The van der Waals surface area contributed by atoms with Gasteiger partial charge in [-0.1, -0.05) is 13.2 Å². The van der Waals surface area contributed by atoms with Crippen molar-refractivity contribution in [3.05, 3.63) is 31.4 Å². The number of hydrogen-bond acceptors (Lipinski definition) is 1. The summed E-state index contributed by atoms with van der Waals surface area (Å²) in [7, 11) is 0. The third kappa shape index (κ3) is 1.73. The van der Waals surface area contributed by atoms with Gasteiger partial charge in [-0.2, -0.15) is 0 Å². The summed E-state index contributed by atoms with van der Waals surface area (Å²) in [5, 5.41) is 0. The molecule has 0 amide bonds. The lowest BCUT2D eigenvalue weighted by Gasteiger charge is -1.82. The Balaban J connectivity index is 3.23. The fourth-order valence-corrected chi connectivity index (χ4v) is 0.0589. The molecule has 0 aliphatic rings. The minimum absolute atomic E-state index is 0.634. The van der Waals surface area contributed by atoms with Gasteiger partial charge in [-0.25, -0.2) is 0 Å². The van der Waals surface area contributed by atoms with Crippen molar-refractivity contribution < 1.29 is 0 Å². The zero-order valence-corrected chi connectivity index (χ0v) is 3.57. The molecule has 0 fully saturated rings. The molecule has 0 aromatic heterocycles. The van der Waals surface area contributed by atoms with Crippen molar-refractivity contribution in [2.45, 2.75) is 0 Å². The third-order valence-corrected chi connectivity index (χ3v) is 0.428. The van der Waals surface area contributed by atoms with Crippen LogP contribution in [0.4, 0.5) is 0 Å². The normalized spacial score (nSPS) is 7.50. The highest BCUT2D eigenvalue weighted by atomic mass is 14.5. The van der Waals surface area contributed by atoms with Crippen molar-refractivity contribution >= 4 is 0 Å². The molecule has 32 valence electrons. The van der Waals surface area contributed by atoms with Gasteiger partial charge in [0.2, 0.25) is 0 Å². The van der Waals surface area contributed by atoms with Crippen molar-refractivity contribution in [2.24, 2.45) is 5.73 Å². The highest BCUT2D eigenvalue weighted by Gasteiger charge is 1.74. The van der Waals surface area contributed by atoms with Crippen LogP contribution in [-0.2, 0) is 0 Å². The molecule has 2 radical (unpaired) electrons. The average Bonchev–Trinajstić information content (AvgIpc) is 1.65. The Morgan fingerprint density at radius 2 is 2.33 bits per heavy atom. The summed E-state index contributed by atoms with van der Waals surface area (Å²) in [4.78, 5) is 0. The SMILES string of the molecule is C=[C]C(=C)[CH]N. The molecular formula is C5H7N. The largest absolute Gasteiger partial charge is 0.322 e. The predicted molar refractivity (Wildman–Crippen MR) is 26.5 cm³/mol. The molecule has 0 aliphatic heterocycles. The van der Waals surface area contributed by atoms with Gasteiger partial charge in [0.25, 0.3) is 0 Å². The van der Waals surface area contributed by atoms with E-state index in [0.29, 0.717) is 5.57 Å². The second-order valence-electron chi connectivity index (χ2n) is 0.869. The molecule has 1 heteroatoms. The summed E-state index contributed by atoms with van der Waals surface area (Å²) in [5.74, 6) is 0. The maximum atomic E-state index is 4.96. The van der Waals surface area contributed by atoms with Crippen LogP contribution in [-0.4, -0.2) is 0 Å². The van der Waals surface area contributed by atoms with Crippen LogP contribution in [0, 0.1) is 12.6 Å². The van der Waals surface area contributed by atoms with E-state index in [1.54, 1.807) is 0 Å². The molecule has 0 rings (SSSR count). The van der Waals surface area contributed by atoms with E-state index in [4.69, 9.17) is 5.73 Å². The summed E-state index contributed by atoms with van der Waals surface area (Å²) in [6.45, 7) is 8.09. The van der Waals surface area contributed by atoms with Crippen LogP contribution in [0.15, 0.2) is 18.7 Å². The van der Waals surface area contributed by atoms with Crippen molar-refractivity contribution in [2.75, 3.05) is 0 Å². The van der Waals surface area contributed by atoms with Gasteiger partial charge in [0, 0.05) is 6.54 Å². The second kappa shape index (κ2) is 2.67. The molecule has 2 N–H and O–H groups in total. The van der Waals surface area contributed by atoms with Crippen molar-refractivity contribution in [1.82, 2.24) is 0 Å². The van der Waals surface area contributed by atoms with Crippen LogP contribution < -0.4 is 5.73 Å². The lowest BCUT2D eigenvalue weighted by molar-refractivity contribution is 1.37. The zero-order chi connectivity index (χ0) is 4.99. The second-order valence-corrected chi connectivity index (χ2v) is 0.869. The van der Waals surface area contributed by atoms with Crippen molar-refractivity contribution in [3.8, 4) is 0 Å². The third-order valence-electron chi connectivity index (χ3n) is 0.428. The van der Waals surface area contributed by atoms with Crippen LogP contribution in [0.2, 0.25) is 0 Å². The maximum Gasteiger partial charge on any atom is 0.0491 e. The summed E-state index contributed by atoms with van der Waals surface area (Å²) in [6.07, 6.45) is 2.49. The molecule has 0 aromatic rings. The molecule has 0 atom stereocenters. The van der Waals surface area contributed by atoms with Gasteiger partial charge in [0.05, 0.1) is 0 Å². The van der Waals surface area contributed by atoms with Gasteiger partial charge >= 0.3 is 0 Å². The van der Waals surface area contributed by atoms with Gasteiger partial charge in [-0.05, 0) is 11.6 Å². The smallest absolute Gasteiger partial charge is 0.0491 e. The quantitative estimate of drug-likeness (QED) is 0.485. The number of nitrogens with two attached hydrogens (primary N) is 1. The molecule has 6 heavy (non-hydrogen) atoms. The Bertz CT molecular complexity index is 64.3. The van der Waals surface area contributed by atoms with Gasteiger partial charge in [0.15, 0.2) is 0 Å². The summed E-state index contributed by atoms with van der Waals surface area (Å²) in [6, 6.07) is 0. The summed E-state index contributed by atoms with van der Waals surface area (Å²) in [5.41, 5.74) is 5.59. The van der Waals surface area contributed by atoms with Crippen LogP contribution in [0.1, 0.15) is 0 Å². The fourth-order valence-electron chi connectivity index (χ4n) is 0.0589. The standard InChI is InChI=1S/C5H7N/c1-3-5(2)4-6/h4H,1-2,6H2. The minimum atomic E-state index is 0.634. The van der Waals surface area contributed by atoms with Crippen LogP contribution in [0.5, 0.6) is 0 Å². The molecule has 1 nitrogen and oxygen atoms in total. The molecule has 0 spiro atoms. The minimum Gasteiger partial charge on any atom is -0.322 e. The van der Waals surface area contributed by atoms with E-state index in [0.717, 1.165) is 0 Å². The molecule has 0 saturated heterocycles. The number of rotatable bonds is 2. The first-order valence-electron chi connectivity index (χ1n) is 1.58. The lowest BCUT2D eigenvalue weighted by Crippen LogP contribution is -1.89. The molecule has 0 aromatic carbocycles. The Morgan fingerprint density at radius 3 is 2.33 bits per heavy atom. The first-order chi connectivity index (χ1) is 2.81. The predicted octanol–water partition coefficient (Wildman–Crippen LogP) is 0.652. The van der Waals surface area contributed by atoms with E-state index >= 15 is 0 Å². The first kappa shape index (κ1) is 5.44. The van der Waals surface area contributed by atoms with Gasteiger partial charge in [0.1, 0.15) is 0 Å². The highest BCUT2D eigenvalue weighted by molar-refractivity contribution is 5.12. The van der Waals surface area contributed by atoms with E-state index < -0.39 is 0 Å². The van der Waals surface area contributed by atoms with Crippen molar-refractivity contribution in [3.63, 3.8) is 0 Å². The van der Waals surface area contributed by atoms with E-state index in [1.807, 2.05) is 0 Å². The fraction of sp³-hybridized carbons (Fsp3) is 0. The van der Waals surface area contributed by atoms with Crippen LogP contribution in [0.3, 0.4) is 0 Å². The molecule has 0 saturated carbocycles. The molecule has 0 aliphatic carbocycles. The zero-order valence-electron chi connectivity index (χ0n) is 3.57. The Morgan fingerprint density at radius 1 is 1.83 bits per heavy atom. The molecule has 0 heterocycles. The van der Waals surface area contributed by atoms with Crippen molar-refractivity contribution in [1.29, 1.82) is 0 Å². The van der Waals surface area contributed by atoms with Gasteiger partial charge < -0.3 is 5.73 Å². The summed E-state index contributed by atoms with van der Waals surface area (Å²) < 4.78 is 0. The monoisotopic (exact) mass is 81.1 g/mol. The first-order valence-corrected chi connectivity index (χ1v) is 1.58. The topological polar surface area (TPSA) is 26.0 Å². The van der Waals surface area contributed by atoms with E-state index in [2.05, 4.69) is 19.2 Å². The Hall–Kier alpha value is -0.560. The summed E-state index contributed by atoms with van der Waals surface area (Å²) >= 11 is 0. The van der Waals surface area contributed by atoms with E-state index in [9.17, 15) is 0 Å². The Kier molecular flexibility index (Phi) is 2.42. The van der Waals surface area contributed by atoms with Crippen LogP contribution in [0.25, 0.3) is 0 Å². The maximum absolute atomic E-state index is 4.96. The van der Waals surface area contributed by atoms with E-state index in [-0.39, 0.29) is 0 Å². The lowest BCUT2D eigenvalue weighted by atomic mass is 10.3. The molecule has 0 bridgehead atoms. The molecular weight excluding hydrogens is 74.1 g/mol. The van der Waals surface area contributed by atoms with Gasteiger partial charge in [-0.3, -0.25) is 0 Å². The van der Waals surface area contributed by atoms with E-state index in [1.165, 1.54) is 6.54 Å². The van der Waals surface area contributed by atoms with Crippen LogP contribution >= 0.6 is 0 Å². The van der Waals surface area contributed by atoms with Gasteiger partial charge in [-0.15, -0.1) is 0 Å². The highest BCUT2D eigenvalue weighted by Crippen LogP contribution is 1.84. The average molecular weight is 81.1 g/mol. The Labute approximate surface area is 38.2 Å². The number of hydrogen-bond donors (Lipinski definition) is 1. The molecule has 0 unspecified atom stereocenters.